The van der Waals surface area contributed by atoms with Crippen LogP contribution in [0, 0.1) is 5.82 Å². The average Bonchev–Trinajstić information content (AvgIpc) is 3.60. The Morgan fingerprint density at radius 3 is 2.56 bits per heavy atom. The molecule has 45 heavy (non-hydrogen) atoms. The van der Waals surface area contributed by atoms with E-state index in [0.29, 0.717) is 43.9 Å². The number of carbonyl (C=O) groups excluding carboxylic acids is 2. The van der Waals surface area contributed by atoms with Gasteiger partial charge < -0.3 is 19.6 Å². The highest BCUT2D eigenvalue weighted by molar-refractivity contribution is 6.31. The number of halogens is 2. The molecule has 0 spiro atoms. The van der Waals surface area contributed by atoms with Gasteiger partial charge in [-0.2, -0.15) is 4.68 Å². The summed E-state index contributed by atoms with van der Waals surface area (Å²) in [6.07, 6.45) is 5.84. The summed E-state index contributed by atoms with van der Waals surface area (Å²) < 4.78 is 21.9. The van der Waals surface area contributed by atoms with E-state index in [9.17, 15) is 19.5 Å². The lowest BCUT2D eigenvalue weighted by Gasteiger charge is -2.38. The van der Waals surface area contributed by atoms with Crippen molar-refractivity contribution in [2.24, 2.45) is 0 Å². The number of ketones is 1. The predicted octanol–water partition coefficient (Wildman–Crippen LogP) is 3.34. The van der Waals surface area contributed by atoms with Crippen LogP contribution in [0.25, 0.3) is 11.8 Å². The fourth-order valence-corrected chi connectivity index (χ4v) is 5.83. The molecule has 4 heterocycles. The number of amides is 1. The molecule has 1 saturated heterocycles. The Balaban J connectivity index is 1.35. The number of carboxylic acids is 1. The molecular weight excluding hydrogens is 605 g/mol. The maximum Gasteiger partial charge on any atom is 0.335 e. The van der Waals surface area contributed by atoms with E-state index in [1.54, 1.807) is 24.4 Å². The van der Waals surface area contributed by atoms with Crippen molar-refractivity contribution >= 4 is 41.2 Å². The molecule has 0 aliphatic carbocycles. The standard InChI is InChI=1S/C31H27ClFN7O5/c32-24-6-7-25(40-18-35-36-37-40)23(28(24)33)5-8-27(42)39-12-10-22-21(9-11-34-30(22)38-13-15-45-16-14-38)29(39)26(41)17-19-1-3-20(4-2-19)31(43)44/h1-9,11,18,29H,10,12-17H2,(H,43,44)/b8-5+. The van der Waals surface area contributed by atoms with Crippen molar-refractivity contribution in [1.29, 1.82) is 0 Å². The second-order valence-corrected chi connectivity index (χ2v) is 10.9. The SMILES string of the molecule is O=C(O)c1ccc(CC(=O)C2c3ccnc(N4CCOCC4)c3CCN2C(=O)/C=C/c2c(-n3cnnn3)ccc(Cl)c2F)cc1. The lowest BCUT2D eigenvalue weighted by atomic mass is 9.88. The first-order valence-corrected chi connectivity index (χ1v) is 14.5. The molecule has 2 aromatic carbocycles. The van der Waals surface area contributed by atoms with Crippen LogP contribution in [0.2, 0.25) is 5.02 Å². The van der Waals surface area contributed by atoms with E-state index in [2.05, 4.69) is 25.4 Å². The van der Waals surface area contributed by atoms with Crippen LogP contribution >= 0.6 is 11.6 Å². The van der Waals surface area contributed by atoms with Crippen LogP contribution in [0.15, 0.2) is 61.1 Å². The average molecular weight is 632 g/mol. The molecule has 14 heteroatoms. The van der Waals surface area contributed by atoms with Crippen molar-refractivity contribution < 1.29 is 28.6 Å². The largest absolute Gasteiger partial charge is 0.478 e. The lowest BCUT2D eigenvalue weighted by Crippen LogP contribution is -2.45. The number of aromatic carboxylic acids is 1. The lowest BCUT2D eigenvalue weighted by molar-refractivity contribution is -0.136. The summed E-state index contributed by atoms with van der Waals surface area (Å²) >= 11 is 6.05. The zero-order valence-electron chi connectivity index (χ0n) is 23.8. The molecular formula is C31H27ClFN7O5. The molecule has 0 bridgehead atoms. The molecule has 1 fully saturated rings. The summed E-state index contributed by atoms with van der Waals surface area (Å²) in [5.74, 6) is -1.83. The minimum absolute atomic E-state index is 0.000704. The Kier molecular flexibility index (Phi) is 8.62. The fraction of sp³-hybridized carbons (Fsp3) is 0.258. The summed E-state index contributed by atoms with van der Waals surface area (Å²) in [7, 11) is 0. The molecule has 230 valence electrons. The van der Waals surface area contributed by atoms with E-state index in [1.807, 2.05) is 0 Å². The molecule has 1 amide bonds. The highest BCUT2D eigenvalue weighted by Crippen LogP contribution is 2.36. The van der Waals surface area contributed by atoms with Crippen molar-refractivity contribution in [3.63, 3.8) is 0 Å². The van der Waals surface area contributed by atoms with Crippen LogP contribution < -0.4 is 4.90 Å². The van der Waals surface area contributed by atoms with Gasteiger partial charge in [0.2, 0.25) is 5.91 Å². The number of carboxylic acid groups (broad SMARTS) is 1. The van der Waals surface area contributed by atoms with Crippen LogP contribution in [0.1, 0.15) is 38.7 Å². The Hall–Kier alpha value is -5.01. The van der Waals surface area contributed by atoms with Crippen LogP contribution in [0.3, 0.4) is 0 Å². The van der Waals surface area contributed by atoms with Gasteiger partial charge in [-0.3, -0.25) is 9.59 Å². The minimum atomic E-state index is -1.07. The molecule has 1 atom stereocenters. The van der Waals surface area contributed by atoms with E-state index >= 15 is 4.39 Å². The zero-order chi connectivity index (χ0) is 31.5. The van der Waals surface area contributed by atoms with Gasteiger partial charge in [0.15, 0.2) is 11.6 Å². The Morgan fingerprint density at radius 2 is 1.84 bits per heavy atom. The van der Waals surface area contributed by atoms with E-state index < -0.39 is 23.7 Å². The number of nitrogens with zero attached hydrogens (tertiary/aromatic N) is 7. The van der Waals surface area contributed by atoms with Gasteiger partial charge >= 0.3 is 5.97 Å². The minimum Gasteiger partial charge on any atom is -0.478 e. The number of hydrogen-bond donors (Lipinski definition) is 1. The normalized spacial score (nSPS) is 16.5. The first-order chi connectivity index (χ1) is 21.8. The second-order valence-electron chi connectivity index (χ2n) is 10.5. The first kappa shape index (κ1) is 30.0. The number of benzene rings is 2. The number of aromatic nitrogens is 5. The maximum absolute atomic E-state index is 15.2. The van der Waals surface area contributed by atoms with E-state index in [4.69, 9.17) is 16.3 Å². The third-order valence-corrected chi connectivity index (χ3v) is 8.15. The van der Waals surface area contributed by atoms with Gasteiger partial charge in [-0.1, -0.05) is 23.7 Å². The summed E-state index contributed by atoms with van der Waals surface area (Å²) in [6.45, 7) is 2.63. The highest BCUT2D eigenvalue weighted by Gasteiger charge is 2.37. The van der Waals surface area contributed by atoms with Crippen LogP contribution in [-0.4, -0.2) is 85.7 Å². The number of pyridine rings is 1. The number of morpholine rings is 1. The quantitative estimate of drug-likeness (QED) is 0.288. The first-order valence-electron chi connectivity index (χ1n) is 14.2. The molecule has 2 aromatic heterocycles. The summed E-state index contributed by atoms with van der Waals surface area (Å²) in [4.78, 5) is 47.4. The summed E-state index contributed by atoms with van der Waals surface area (Å²) in [5.41, 5.74) is 2.53. The smallest absolute Gasteiger partial charge is 0.335 e. The zero-order valence-corrected chi connectivity index (χ0v) is 24.6. The molecule has 0 saturated carbocycles. The van der Waals surface area contributed by atoms with Gasteiger partial charge in [0.05, 0.1) is 29.5 Å². The molecule has 2 aliphatic rings. The Labute approximate surface area is 261 Å². The molecule has 2 aliphatic heterocycles. The number of fused-ring (bicyclic) bond motifs is 1. The van der Waals surface area contributed by atoms with Gasteiger partial charge in [0.25, 0.3) is 0 Å². The molecule has 12 nitrogen and oxygen atoms in total. The van der Waals surface area contributed by atoms with Crippen molar-refractivity contribution in [3.05, 3.63) is 99.7 Å². The van der Waals surface area contributed by atoms with Crippen LogP contribution in [0.5, 0.6) is 0 Å². The number of Topliss-reactive ketones (excluding diaryl/α,β-unsaturated/α-hetero) is 1. The topological polar surface area (TPSA) is 144 Å². The fourth-order valence-electron chi connectivity index (χ4n) is 5.67. The molecule has 1 N–H and O–H groups in total. The number of tetrazole rings is 1. The van der Waals surface area contributed by atoms with Gasteiger partial charge in [-0.25, -0.2) is 14.2 Å². The number of anilines is 1. The number of hydrogen-bond acceptors (Lipinski definition) is 9. The number of carbonyl (C=O) groups is 3. The van der Waals surface area contributed by atoms with Crippen molar-refractivity contribution in [2.75, 3.05) is 37.7 Å². The van der Waals surface area contributed by atoms with Crippen molar-refractivity contribution in [1.82, 2.24) is 30.1 Å². The van der Waals surface area contributed by atoms with Crippen molar-refractivity contribution in [3.8, 4) is 5.69 Å². The molecule has 0 radical (unpaired) electrons. The third-order valence-electron chi connectivity index (χ3n) is 7.85. The van der Waals surface area contributed by atoms with E-state index in [1.165, 1.54) is 52.3 Å². The third kappa shape index (κ3) is 6.17. The Morgan fingerprint density at radius 1 is 1.07 bits per heavy atom. The van der Waals surface area contributed by atoms with Gasteiger partial charge in [0, 0.05) is 49.5 Å². The molecule has 1 unspecified atom stereocenters. The van der Waals surface area contributed by atoms with Gasteiger partial charge in [-0.05, 0) is 64.4 Å². The maximum atomic E-state index is 15.2. The monoisotopic (exact) mass is 631 g/mol. The van der Waals surface area contributed by atoms with E-state index in [-0.39, 0.29) is 40.6 Å². The van der Waals surface area contributed by atoms with Crippen LogP contribution in [-0.2, 0) is 27.2 Å². The highest BCUT2D eigenvalue weighted by atomic mass is 35.5. The van der Waals surface area contributed by atoms with Crippen molar-refractivity contribution in [2.45, 2.75) is 18.9 Å². The summed E-state index contributed by atoms with van der Waals surface area (Å²) in [6, 6.07) is 9.75. The second kappa shape index (κ2) is 12.9. The predicted molar refractivity (Wildman–Crippen MR) is 161 cm³/mol. The number of rotatable bonds is 8. The van der Waals surface area contributed by atoms with Gasteiger partial charge in [0.1, 0.15) is 18.2 Å². The number of ether oxygens (including phenoxy) is 1. The Bertz CT molecular complexity index is 1780. The van der Waals surface area contributed by atoms with Crippen LogP contribution in [0.4, 0.5) is 10.2 Å². The molecule has 4 aromatic rings. The molecule has 6 rings (SSSR count). The summed E-state index contributed by atoms with van der Waals surface area (Å²) in [5, 5.41) is 20.1. The van der Waals surface area contributed by atoms with E-state index in [0.717, 1.165) is 11.4 Å². The van der Waals surface area contributed by atoms with Gasteiger partial charge in [-0.15, -0.1) is 5.10 Å².